The first-order chi connectivity index (χ1) is 17.5. The number of benzene rings is 1. The van der Waals surface area contributed by atoms with Crippen LogP contribution in [0.4, 0.5) is 17.6 Å². The Labute approximate surface area is 212 Å². The van der Waals surface area contributed by atoms with Gasteiger partial charge in [0, 0.05) is 42.9 Å². The lowest BCUT2D eigenvalue weighted by Crippen LogP contribution is -2.31. The second kappa shape index (κ2) is 10.5. The number of ether oxygens (including phenoxy) is 1. The highest BCUT2D eigenvalue weighted by molar-refractivity contribution is 5.92. The number of pyridine rings is 1. The Morgan fingerprint density at radius 1 is 1.03 bits per heavy atom. The molecule has 1 N–H and O–H groups in total. The van der Waals surface area contributed by atoms with Crippen molar-refractivity contribution in [3.63, 3.8) is 0 Å². The molecule has 188 valence electrons. The molecule has 1 aliphatic heterocycles. The van der Waals surface area contributed by atoms with Gasteiger partial charge in [-0.1, -0.05) is 25.1 Å². The zero-order chi connectivity index (χ0) is 25.1. The van der Waals surface area contributed by atoms with Crippen LogP contribution in [-0.2, 0) is 6.42 Å². The van der Waals surface area contributed by atoms with E-state index in [1.165, 1.54) is 24.8 Å². The van der Waals surface area contributed by atoms with Crippen molar-refractivity contribution in [2.45, 2.75) is 59.3 Å². The van der Waals surface area contributed by atoms with Crippen molar-refractivity contribution in [3.8, 4) is 5.75 Å². The molecule has 4 aromatic rings. The molecule has 0 atom stereocenters. The van der Waals surface area contributed by atoms with Gasteiger partial charge in [-0.3, -0.25) is 0 Å². The fraction of sp³-hybridized carbons (Fsp3) is 0.429. The minimum atomic E-state index is 0.365. The molecule has 0 bridgehead atoms. The summed E-state index contributed by atoms with van der Waals surface area (Å²) in [4.78, 5) is 16.2. The van der Waals surface area contributed by atoms with E-state index in [9.17, 15) is 0 Å². The van der Waals surface area contributed by atoms with Gasteiger partial charge in [0.2, 0.25) is 5.95 Å². The number of piperidine rings is 1. The summed E-state index contributed by atoms with van der Waals surface area (Å²) >= 11 is 0. The fourth-order valence-corrected chi connectivity index (χ4v) is 4.85. The van der Waals surface area contributed by atoms with Gasteiger partial charge in [0.25, 0.3) is 0 Å². The third-order valence-electron chi connectivity index (χ3n) is 6.85. The van der Waals surface area contributed by atoms with E-state index in [1.54, 1.807) is 0 Å². The molecule has 0 radical (unpaired) electrons. The molecule has 1 saturated heterocycles. The number of rotatable bonds is 8. The van der Waals surface area contributed by atoms with Gasteiger partial charge in [-0.2, -0.15) is 4.98 Å². The standard InChI is InChI=1S/C28H34N6O2/c1-18(2)21-8-9-25(35-15-11-22-19(3)33-36-20(22)4)24-17-30-27(16-23(21)24)31-26-10-12-29-28(32-26)34-13-6-5-7-14-34/h8-10,12,16-18H,5-7,11,13-15H2,1-4H3,(H,29,30,31,32). The lowest BCUT2D eigenvalue weighted by molar-refractivity contribution is 0.324. The lowest BCUT2D eigenvalue weighted by atomic mass is 9.96. The predicted octanol–water partition coefficient (Wildman–Crippen LogP) is 6.11. The topological polar surface area (TPSA) is 89.2 Å². The monoisotopic (exact) mass is 486 g/mol. The van der Waals surface area contributed by atoms with Crippen LogP contribution in [0.3, 0.4) is 0 Å². The number of anilines is 3. The molecule has 0 unspecified atom stereocenters. The molecule has 1 fully saturated rings. The molecule has 0 aliphatic carbocycles. The van der Waals surface area contributed by atoms with Crippen molar-refractivity contribution >= 4 is 28.4 Å². The van der Waals surface area contributed by atoms with Crippen LogP contribution in [0.2, 0.25) is 0 Å². The van der Waals surface area contributed by atoms with Crippen LogP contribution >= 0.6 is 0 Å². The number of nitrogens with one attached hydrogen (secondary N) is 1. The van der Waals surface area contributed by atoms with E-state index in [2.05, 4.69) is 52.4 Å². The minimum Gasteiger partial charge on any atom is -0.493 e. The summed E-state index contributed by atoms with van der Waals surface area (Å²) < 4.78 is 11.5. The van der Waals surface area contributed by atoms with Crippen molar-refractivity contribution in [2.75, 3.05) is 29.9 Å². The number of aromatic nitrogens is 4. The van der Waals surface area contributed by atoms with E-state index in [-0.39, 0.29) is 0 Å². The average Bonchev–Trinajstić information content (AvgIpc) is 3.21. The average molecular weight is 487 g/mol. The Kier molecular flexibility index (Phi) is 7.02. The molecule has 0 amide bonds. The molecule has 1 aromatic carbocycles. The van der Waals surface area contributed by atoms with E-state index in [0.717, 1.165) is 70.6 Å². The van der Waals surface area contributed by atoms with E-state index < -0.39 is 0 Å². The maximum Gasteiger partial charge on any atom is 0.227 e. The quantitative estimate of drug-likeness (QED) is 0.319. The Bertz CT molecular complexity index is 1320. The summed E-state index contributed by atoms with van der Waals surface area (Å²) in [6.07, 6.45) is 8.10. The van der Waals surface area contributed by atoms with Crippen LogP contribution < -0.4 is 15.0 Å². The molecule has 0 spiro atoms. The van der Waals surface area contributed by atoms with Crippen LogP contribution in [0.25, 0.3) is 10.8 Å². The SMILES string of the molecule is Cc1noc(C)c1CCOc1ccc(C(C)C)c2cc(Nc3ccnc(N4CCCCC4)n3)ncc12. The highest BCUT2D eigenvalue weighted by Gasteiger charge is 2.16. The van der Waals surface area contributed by atoms with Crippen molar-refractivity contribution in [3.05, 3.63) is 59.2 Å². The van der Waals surface area contributed by atoms with Gasteiger partial charge >= 0.3 is 0 Å². The smallest absolute Gasteiger partial charge is 0.227 e. The molecule has 0 saturated carbocycles. The maximum absolute atomic E-state index is 6.22. The van der Waals surface area contributed by atoms with Gasteiger partial charge in [0.15, 0.2) is 0 Å². The van der Waals surface area contributed by atoms with Gasteiger partial charge in [-0.05, 0) is 68.2 Å². The number of hydrogen-bond donors (Lipinski definition) is 1. The first-order valence-electron chi connectivity index (χ1n) is 12.8. The molecule has 1 aliphatic rings. The molecular weight excluding hydrogens is 452 g/mol. The van der Waals surface area contributed by atoms with Crippen molar-refractivity contribution in [1.82, 2.24) is 20.1 Å². The van der Waals surface area contributed by atoms with Crippen LogP contribution in [-0.4, -0.2) is 39.8 Å². The minimum absolute atomic E-state index is 0.365. The van der Waals surface area contributed by atoms with Crippen LogP contribution in [0.1, 0.15) is 61.6 Å². The molecule has 4 heterocycles. The summed E-state index contributed by atoms with van der Waals surface area (Å²) in [6, 6.07) is 8.18. The number of nitrogens with zero attached hydrogens (tertiary/aromatic N) is 5. The van der Waals surface area contributed by atoms with E-state index in [1.807, 2.05) is 32.3 Å². The normalized spacial score (nSPS) is 14.0. The van der Waals surface area contributed by atoms with Crippen molar-refractivity contribution in [1.29, 1.82) is 0 Å². The molecule has 3 aromatic heterocycles. The summed E-state index contributed by atoms with van der Waals surface area (Å²) in [5.74, 6) is 4.31. The van der Waals surface area contributed by atoms with Crippen LogP contribution in [0.15, 0.2) is 41.2 Å². The lowest BCUT2D eigenvalue weighted by Gasteiger charge is -2.26. The first kappa shape index (κ1) is 24.0. The summed E-state index contributed by atoms with van der Waals surface area (Å²) in [5.41, 5.74) is 3.28. The van der Waals surface area contributed by atoms with Gasteiger partial charge in [0.1, 0.15) is 23.1 Å². The summed E-state index contributed by atoms with van der Waals surface area (Å²) in [5, 5.41) is 9.56. The molecule has 5 rings (SSSR count). The number of aryl methyl sites for hydroxylation is 2. The second-order valence-corrected chi connectivity index (χ2v) is 9.74. The Morgan fingerprint density at radius 2 is 1.86 bits per heavy atom. The van der Waals surface area contributed by atoms with Gasteiger partial charge < -0.3 is 19.5 Å². The highest BCUT2D eigenvalue weighted by atomic mass is 16.5. The van der Waals surface area contributed by atoms with Crippen molar-refractivity contribution < 1.29 is 9.26 Å². The molecule has 8 heteroatoms. The van der Waals surface area contributed by atoms with Gasteiger partial charge in [-0.25, -0.2) is 9.97 Å². The maximum atomic E-state index is 6.22. The molecule has 36 heavy (non-hydrogen) atoms. The van der Waals surface area contributed by atoms with E-state index >= 15 is 0 Å². The molecular formula is C28H34N6O2. The highest BCUT2D eigenvalue weighted by Crippen LogP contribution is 2.34. The summed E-state index contributed by atoms with van der Waals surface area (Å²) in [7, 11) is 0. The Hall–Kier alpha value is -3.68. The second-order valence-electron chi connectivity index (χ2n) is 9.74. The fourth-order valence-electron chi connectivity index (χ4n) is 4.85. The zero-order valence-electron chi connectivity index (χ0n) is 21.5. The van der Waals surface area contributed by atoms with E-state index in [4.69, 9.17) is 19.2 Å². The third kappa shape index (κ3) is 5.12. The Morgan fingerprint density at radius 3 is 2.61 bits per heavy atom. The number of hydrogen-bond acceptors (Lipinski definition) is 8. The summed E-state index contributed by atoms with van der Waals surface area (Å²) in [6.45, 7) is 10.9. The van der Waals surface area contributed by atoms with Crippen LogP contribution in [0, 0.1) is 13.8 Å². The van der Waals surface area contributed by atoms with Gasteiger partial charge in [0.05, 0.1) is 12.3 Å². The van der Waals surface area contributed by atoms with Crippen LogP contribution in [0.5, 0.6) is 5.75 Å². The first-order valence-corrected chi connectivity index (χ1v) is 12.8. The van der Waals surface area contributed by atoms with E-state index in [0.29, 0.717) is 12.5 Å². The van der Waals surface area contributed by atoms with Gasteiger partial charge in [-0.15, -0.1) is 0 Å². The third-order valence-corrected chi connectivity index (χ3v) is 6.85. The number of fused-ring (bicyclic) bond motifs is 1. The Balaban J connectivity index is 1.38. The predicted molar refractivity (Wildman–Crippen MR) is 142 cm³/mol. The zero-order valence-corrected chi connectivity index (χ0v) is 21.5. The largest absolute Gasteiger partial charge is 0.493 e. The van der Waals surface area contributed by atoms with Crippen molar-refractivity contribution in [2.24, 2.45) is 0 Å². The molecule has 8 nitrogen and oxygen atoms in total.